The summed E-state index contributed by atoms with van der Waals surface area (Å²) in [7, 11) is 3.41. The van der Waals surface area contributed by atoms with Crippen LogP contribution < -0.4 is 14.8 Å². The van der Waals surface area contributed by atoms with Gasteiger partial charge in [0.05, 0.1) is 14.2 Å². The first-order valence-corrected chi connectivity index (χ1v) is 7.21. The lowest BCUT2D eigenvalue weighted by Gasteiger charge is -2.16. The molecule has 0 fully saturated rings. The molecule has 2 rings (SSSR count). The van der Waals surface area contributed by atoms with E-state index in [-0.39, 0.29) is 0 Å². The second-order valence-corrected chi connectivity index (χ2v) is 5.15. The first-order valence-electron chi connectivity index (χ1n) is 7.21. The second-order valence-electron chi connectivity index (χ2n) is 5.15. The molecule has 1 atom stereocenters. The molecule has 1 N–H and O–H groups in total. The van der Waals surface area contributed by atoms with E-state index < -0.39 is 0 Å². The lowest BCUT2D eigenvalue weighted by Crippen LogP contribution is -2.27. The SMILES string of the molecule is COc1cccc(CNC(C)Cc2ccccc2OC)c1. The summed E-state index contributed by atoms with van der Waals surface area (Å²) < 4.78 is 10.6. The third-order valence-electron chi connectivity index (χ3n) is 3.51. The van der Waals surface area contributed by atoms with Gasteiger partial charge in [-0.05, 0) is 42.7 Å². The largest absolute Gasteiger partial charge is 0.497 e. The van der Waals surface area contributed by atoms with Gasteiger partial charge in [0.25, 0.3) is 0 Å². The van der Waals surface area contributed by atoms with E-state index in [0.717, 1.165) is 24.5 Å². The van der Waals surface area contributed by atoms with E-state index in [2.05, 4.69) is 30.4 Å². The molecule has 0 amide bonds. The fourth-order valence-corrected chi connectivity index (χ4v) is 2.35. The molecule has 0 saturated carbocycles. The molecule has 0 spiro atoms. The molecule has 0 saturated heterocycles. The van der Waals surface area contributed by atoms with Gasteiger partial charge in [-0.25, -0.2) is 0 Å². The molecule has 0 bridgehead atoms. The molecule has 1 unspecified atom stereocenters. The fraction of sp³-hybridized carbons (Fsp3) is 0.333. The summed E-state index contributed by atoms with van der Waals surface area (Å²) >= 11 is 0. The maximum Gasteiger partial charge on any atom is 0.122 e. The Labute approximate surface area is 126 Å². The smallest absolute Gasteiger partial charge is 0.122 e. The van der Waals surface area contributed by atoms with E-state index in [9.17, 15) is 0 Å². The van der Waals surface area contributed by atoms with Crippen molar-refractivity contribution in [3.63, 3.8) is 0 Å². The molecule has 2 aromatic carbocycles. The van der Waals surface area contributed by atoms with Gasteiger partial charge in [0.1, 0.15) is 11.5 Å². The van der Waals surface area contributed by atoms with Crippen molar-refractivity contribution >= 4 is 0 Å². The Bertz CT molecular complexity index is 569. The van der Waals surface area contributed by atoms with Crippen molar-refractivity contribution in [3.05, 3.63) is 59.7 Å². The third kappa shape index (κ3) is 4.50. The molecule has 0 aromatic heterocycles. The first kappa shape index (κ1) is 15.4. The first-order chi connectivity index (χ1) is 10.2. The Morgan fingerprint density at radius 3 is 2.57 bits per heavy atom. The zero-order valence-electron chi connectivity index (χ0n) is 12.9. The molecule has 0 radical (unpaired) electrons. The summed E-state index contributed by atoms with van der Waals surface area (Å²) in [5, 5.41) is 3.54. The summed E-state index contributed by atoms with van der Waals surface area (Å²) in [6, 6.07) is 16.7. The Morgan fingerprint density at radius 1 is 1.00 bits per heavy atom. The Morgan fingerprint density at radius 2 is 1.81 bits per heavy atom. The minimum absolute atomic E-state index is 0.368. The molecular weight excluding hydrogens is 262 g/mol. The van der Waals surface area contributed by atoms with Gasteiger partial charge in [-0.1, -0.05) is 30.3 Å². The highest BCUT2D eigenvalue weighted by molar-refractivity contribution is 5.34. The van der Waals surface area contributed by atoms with Gasteiger partial charge in [-0.3, -0.25) is 0 Å². The zero-order chi connectivity index (χ0) is 15.1. The summed E-state index contributed by atoms with van der Waals surface area (Å²) in [5.41, 5.74) is 2.45. The molecule has 112 valence electrons. The number of para-hydroxylation sites is 1. The number of ether oxygens (including phenoxy) is 2. The van der Waals surface area contributed by atoms with Crippen molar-refractivity contribution < 1.29 is 9.47 Å². The predicted molar refractivity (Wildman–Crippen MR) is 86.0 cm³/mol. The third-order valence-corrected chi connectivity index (χ3v) is 3.51. The number of rotatable bonds is 7. The number of methoxy groups -OCH3 is 2. The number of hydrogen-bond donors (Lipinski definition) is 1. The van der Waals surface area contributed by atoms with Crippen LogP contribution in [0, 0.1) is 0 Å². The number of hydrogen-bond acceptors (Lipinski definition) is 3. The normalized spacial score (nSPS) is 12.0. The topological polar surface area (TPSA) is 30.5 Å². The molecule has 2 aromatic rings. The maximum absolute atomic E-state index is 5.39. The Hall–Kier alpha value is -2.00. The molecule has 0 heterocycles. The van der Waals surface area contributed by atoms with E-state index in [0.29, 0.717) is 6.04 Å². The van der Waals surface area contributed by atoms with Crippen LogP contribution in [0.15, 0.2) is 48.5 Å². The van der Waals surface area contributed by atoms with Crippen LogP contribution in [0.5, 0.6) is 11.5 Å². The van der Waals surface area contributed by atoms with Gasteiger partial charge < -0.3 is 14.8 Å². The average Bonchev–Trinajstić information content (AvgIpc) is 2.53. The van der Waals surface area contributed by atoms with Crippen molar-refractivity contribution in [2.45, 2.75) is 25.9 Å². The fourth-order valence-electron chi connectivity index (χ4n) is 2.35. The summed E-state index contributed by atoms with van der Waals surface area (Å²) in [4.78, 5) is 0. The monoisotopic (exact) mass is 285 g/mol. The average molecular weight is 285 g/mol. The highest BCUT2D eigenvalue weighted by atomic mass is 16.5. The van der Waals surface area contributed by atoms with Crippen LogP contribution in [0.3, 0.4) is 0 Å². The van der Waals surface area contributed by atoms with Crippen LogP contribution in [-0.2, 0) is 13.0 Å². The zero-order valence-corrected chi connectivity index (χ0v) is 12.9. The van der Waals surface area contributed by atoms with Crippen LogP contribution in [-0.4, -0.2) is 20.3 Å². The lowest BCUT2D eigenvalue weighted by atomic mass is 10.1. The van der Waals surface area contributed by atoms with Gasteiger partial charge >= 0.3 is 0 Å². The van der Waals surface area contributed by atoms with Crippen LogP contribution in [0.1, 0.15) is 18.1 Å². The summed E-state index contributed by atoms with van der Waals surface area (Å²) in [5.74, 6) is 1.85. The molecule has 0 aliphatic heterocycles. The highest BCUT2D eigenvalue weighted by Crippen LogP contribution is 2.19. The van der Waals surface area contributed by atoms with Crippen LogP contribution >= 0.6 is 0 Å². The van der Waals surface area contributed by atoms with E-state index in [1.165, 1.54) is 11.1 Å². The van der Waals surface area contributed by atoms with Gasteiger partial charge in [-0.2, -0.15) is 0 Å². The van der Waals surface area contributed by atoms with Crippen LogP contribution in [0.2, 0.25) is 0 Å². The van der Waals surface area contributed by atoms with E-state index in [4.69, 9.17) is 9.47 Å². The summed E-state index contributed by atoms with van der Waals surface area (Å²) in [6.07, 6.45) is 0.938. The van der Waals surface area contributed by atoms with Crippen LogP contribution in [0.4, 0.5) is 0 Å². The highest BCUT2D eigenvalue weighted by Gasteiger charge is 2.07. The lowest BCUT2D eigenvalue weighted by molar-refractivity contribution is 0.405. The van der Waals surface area contributed by atoms with Gasteiger partial charge in [0.15, 0.2) is 0 Å². The van der Waals surface area contributed by atoms with E-state index in [1.54, 1.807) is 14.2 Å². The molecule has 3 heteroatoms. The predicted octanol–water partition coefficient (Wildman–Crippen LogP) is 3.42. The van der Waals surface area contributed by atoms with Crippen molar-refractivity contribution in [3.8, 4) is 11.5 Å². The minimum atomic E-state index is 0.368. The Balaban J connectivity index is 1.91. The van der Waals surface area contributed by atoms with Crippen molar-refractivity contribution in [2.24, 2.45) is 0 Å². The number of benzene rings is 2. The summed E-state index contributed by atoms with van der Waals surface area (Å²) in [6.45, 7) is 3.01. The molecule has 3 nitrogen and oxygen atoms in total. The van der Waals surface area contributed by atoms with E-state index in [1.807, 2.05) is 30.3 Å². The molecule has 21 heavy (non-hydrogen) atoms. The minimum Gasteiger partial charge on any atom is -0.497 e. The molecule has 0 aliphatic carbocycles. The van der Waals surface area contributed by atoms with Crippen molar-refractivity contribution in [1.29, 1.82) is 0 Å². The van der Waals surface area contributed by atoms with Gasteiger partial charge in [0.2, 0.25) is 0 Å². The Kier molecular flexibility index (Phi) is 5.64. The van der Waals surface area contributed by atoms with Crippen molar-refractivity contribution in [2.75, 3.05) is 14.2 Å². The maximum atomic E-state index is 5.39. The molecular formula is C18H23NO2. The van der Waals surface area contributed by atoms with Gasteiger partial charge in [-0.15, -0.1) is 0 Å². The van der Waals surface area contributed by atoms with Crippen LogP contribution in [0.25, 0.3) is 0 Å². The second kappa shape index (κ2) is 7.70. The standard InChI is InChI=1S/C18H23NO2/c1-14(11-16-8-4-5-10-18(16)21-3)19-13-15-7-6-9-17(12-15)20-2/h4-10,12,14,19H,11,13H2,1-3H3. The van der Waals surface area contributed by atoms with Crippen molar-refractivity contribution in [1.82, 2.24) is 5.32 Å². The van der Waals surface area contributed by atoms with Gasteiger partial charge in [0, 0.05) is 12.6 Å². The quantitative estimate of drug-likeness (QED) is 0.845. The number of nitrogens with one attached hydrogen (secondary N) is 1. The molecule has 0 aliphatic rings. The van der Waals surface area contributed by atoms with E-state index >= 15 is 0 Å².